The maximum atomic E-state index is 11.8. The molecule has 0 aliphatic heterocycles. The fraction of sp³-hybridized carbons (Fsp3) is 0.167. The van der Waals surface area contributed by atoms with Crippen LogP contribution in [0, 0.1) is 0 Å². The first kappa shape index (κ1) is 12.9. The van der Waals surface area contributed by atoms with E-state index in [9.17, 15) is 4.79 Å². The Morgan fingerprint density at radius 3 is 2.61 bits per heavy atom. The van der Waals surface area contributed by atoms with E-state index in [0.29, 0.717) is 33.4 Å². The molecule has 0 saturated carbocycles. The third-order valence-electron chi connectivity index (χ3n) is 2.59. The Morgan fingerprint density at radius 2 is 2.06 bits per heavy atom. The fourth-order valence-corrected chi connectivity index (χ4v) is 1.94. The first-order chi connectivity index (χ1) is 8.52. The standard InChI is InChI=1S/C12H11Cl2N3O/c1-2-7-10(15)16-11(17-12(7)18)6-3-4-8(13)9(14)5-6/h3-5H,2H2,1H3,(H3,15,16,17,18). The normalized spacial score (nSPS) is 10.6. The molecule has 6 heteroatoms. The molecule has 18 heavy (non-hydrogen) atoms. The number of benzene rings is 1. The van der Waals surface area contributed by atoms with Crippen LogP contribution in [0.15, 0.2) is 23.0 Å². The molecule has 0 bridgehead atoms. The van der Waals surface area contributed by atoms with Crippen LogP contribution < -0.4 is 11.3 Å². The Morgan fingerprint density at radius 1 is 1.33 bits per heavy atom. The average Bonchev–Trinajstić information content (AvgIpc) is 2.32. The number of aromatic amines is 1. The summed E-state index contributed by atoms with van der Waals surface area (Å²) in [5.74, 6) is 0.621. The van der Waals surface area contributed by atoms with Crippen LogP contribution in [0.3, 0.4) is 0 Å². The van der Waals surface area contributed by atoms with Gasteiger partial charge in [0.15, 0.2) is 0 Å². The van der Waals surface area contributed by atoms with Gasteiger partial charge in [0, 0.05) is 5.56 Å². The predicted molar refractivity (Wildman–Crippen MR) is 74.1 cm³/mol. The van der Waals surface area contributed by atoms with E-state index in [1.807, 2.05) is 6.92 Å². The van der Waals surface area contributed by atoms with Gasteiger partial charge < -0.3 is 10.7 Å². The molecule has 0 fully saturated rings. The molecule has 4 nitrogen and oxygen atoms in total. The number of rotatable bonds is 2. The molecule has 0 atom stereocenters. The number of H-pyrrole nitrogens is 1. The highest BCUT2D eigenvalue weighted by atomic mass is 35.5. The summed E-state index contributed by atoms with van der Waals surface area (Å²) >= 11 is 11.7. The smallest absolute Gasteiger partial charge is 0.256 e. The summed E-state index contributed by atoms with van der Waals surface area (Å²) in [6, 6.07) is 4.99. The number of halogens is 2. The van der Waals surface area contributed by atoms with E-state index >= 15 is 0 Å². The van der Waals surface area contributed by atoms with Gasteiger partial charge in [-0.25, -0.2) is 4.98 Å². The lowest BCUT2D eigenvalue weighted by Crippen LogP contribution is -2.17. The summed E-state index contributed by atoms with van der Waals surface area (Å²) in [5, 5.41) is 0.843. The molecule has 0 unspecified atom stereocenters. The van der Waals surface area contributed by atoms with Gasteiger partial charge >= 0.3 is 0 Å². The van der Waals surface area contributed by atoms with Crippen molar-refractivity contribution in [1.29, 1.82) is 0 Å². The van der Waals surface area contributed by atoms with Crippen LogP contribution >= 0.6 is 23.2 Å². The molecule has 0 amide bonds. The Kier molecular flexibility index (Phi) is 3.59. The lowest BCUT2D eigenvalue weighted by molar-refractivity contribution is 1.02. The maximum Gasteiger partial charge on any atom is 0.256 e. The number of nitrogens with zero attached hydrogens (tertiary/aromatic N) is 1. The van der Waals surface area contributed by atoms with Crippen LogP contribution in [-0.2, 0) is 6.42 Å². The van der Waals surface area contributed by atoms with E-state index < -0.39 is 0 Å². The number of hydrogen-bond donors (Lipinski definition) is 2. The summed E-state index contributed by atoms with van der Waals surface area (Å²) in [5.41, 5.74) is 6.67. The Bertz CT molecular complexity index is 652. The minimum Gasteiger partial charge on any atom is -0.383 e. The van der Waals surface area contributed by atoms with Crippen LogP contribution in [0.1, 0.15) is 12.5 Å². The average molecular weight is 284 g/mol. The molecule has 0 saturated heterocycles. The minimum absolute atomic E-state index is 0.230. The van der Waals surface area contributed by atoms with Crippen LogP contribution in [0.4, 0.5) is 5.82 Å². The number of nitrogens with two attached hydrogens (primary N) is 1. The van der Waals surface area contributed by atoms with Crippen molar-refractivity contribution in [3.05, 3.63) is 44.2 Å². The van der Waals surface area contributed by atoms with Gasteiger partial charge in [-0.1, -0.05) is 30.1 Å². The molecule has 0 spiro atoms. The molecular weight excluding hydrogens is 273 g/mol. The van der Waals surface area contributed by atoms with Gasteiger partial charge in [-0.05, 0) is 24.6 Å². The molecule has 3 N–H and O–H groups in total. The van der Waals surface area contributed by atoms with Crippen LogP contribution in [0.25, 0.3) is 11.4 Å². The lowest BCUT2D eigenvalue weighted by Gasteiger charge is -2.06. The van der Waals surface area contributed by atoms with Crippen molar-refractivity contribution in [2.24, 2.45) is 0 Å². The zero-order valence-electron chi connectivity index (χ0n) is 9.63. The lowest BCUT2D eigenvalue weighted by atomic mass is 10.2. The van der Waals surface area contributed by atoms with Gasteiger partial charge in [-0.3, -0.25) is 4.79 Å². The summed E-state index contributed by atoms with van der Waals surface area (Å²) in [6.07, 6.45) is 0.538. The first-order valence-electron chi connectivity index (χ1n) is 5.37. The van der Waals surface area contributed by atoms with Gasteiger partial charge in [0.05, 0.1) is 15.6 Å². The summed E-state index contributed by atoms with van der Waals surface area (Å²) in [4.78, 5) is 18.6. The highest BCUT2D eigenvalue weighted by Gasteiger charge is 2.09. The number of anilines is 1. The van der Waals surface area contributed by atoms with E-state index in [2.05, 4.69) is 9.97 Å². The Hall–Kier alpha value is -1.52. The van der Waals surface area contributed by atoms with E-state index in [-0.39, 0.29) is 11.4 Å². The second-order valence-corrected chi connectivity index (χ2v) is 4.58. The zero-order valence-corrected chi connectivity index (χ0v) is 11.1. The Balaban J connectivity index is 2.58. The number of aromatic nitrogens is 2. The van der Waals surface area contributed by atoms with Crippen molar-refractivity contribution in [2.75, 3.05) is 5.73 Å². The van der Waals surface area contributed by atoms with Crippen LogP contribution in [-0.4, -0.2) is 9.97 Å². The highest BCUT2D eigenvalue weighted by molar-refractivity contribution is 6.42. The molecule has 0 aliphatic carbocycles. The largest absolute Gasteiger partial charge is 0.383 e. The van der Waals surface area contributed by atoms with Gasteiger partial charge in [0.25, 0.3) is 5.56 Å². The molecule has 0 aliphatic rings. The third-order valence-corrected chi connectivity index (χ3v) is 3.33. The third kappa shape index (κ3) is 2.35. The van der Waals surface area contributed by atoms with Crippen molar-refractivity contribution in [3.63, 3.8) is 0 Å². The van der Waals surface area contributed by atoms with Crippen LogP contribution in [0.2, 0.25) is 10.0 Å². The molecule has 0 radical (unpaired) electrons. The first-order valence-corrected chi connectivity index (χ1v) is 6.12. The van der Waals surface area contributed by atoms with Gasteiger partial charge in [0.1, 0.15) is 11.6 Å². The summed E-state index contributed by atoms with van der Waals surface area (Å²) < 4.78 is 0. The van der Waals surface area contributed by atoms with E-state index in [0.717, 1.165) is 0 Å². The van der Waals surface area contributed by atoms with Gasteiger partial charge in [0.2, 0.25) is 0 Å². The zero-order chi connectivity index (χ0) is 13.3. The molecular formula is C12H11Cl2N3O. The highest BCUT2D eigenvalue weighted by Crippen LogP contribution is 2.26. The maximum absolute atomic E-state index is 11.8. The topological polar surface area (TPSA) is 71.8 Å². The van der Waals surface area contributed by atoms with Crippen LogP contribution in [0.5, 0.6) is 0 Å². The monoisotopic (exact) mass is 283 g/mol. The van der Waals surface area contributed by atoms with E-state index in [1.165, 1.54) is 0 Å². The molecule has 1 aromatic carbocycles. The quantitative estimate of drug-likeness (QED) is 0.890. The second kappa shape index (κ2) is 5.00. The minimum atomic E-state index is -0.230. The van der Waals surface area contributed by atoms with Crippen molar-refractivity contribution < 1.29 is 0 Å². The fourth-order valence-electron chi connectivity index (χ4n) is 1.64. The van der Waals surface area contributed by atoms with Crippen molar-refractivity contribution in [3.8, 4) is 11.4 Å². The molecule has 1 aromatic heterocycles. The van der Waals surface area contributed by atoms with E-state index in [1.54, 1.807) is 18.2 Å². The second-order valence-electron chi connectivity index (χ2n) is 3.76. The summed E-state index contributed by atoms with van der Waals surface area (Å²) in [6.45, 7) is 1.85. The molecule has 1 heterocycles. The number of hydrogen-bond acceptors (Lipinski definition) is 3. The van der Waals surface area contributed by atoms with Gasteiger partial charge in [-0.15, -0.1) is 0 Å². The SMILES string of the molecule is CCc1c(N)nc(-c2ccc(Cl)c(Cl)c2)[nH]c1=O. The summed E-state index contributed by atoms with van der Waals surface area (Å²) in [7, 11) is 0. The van der Waals surface area contributed by atoms with Crippen molar-refractivity contribution >= 4 is 29.0 Å². The molecule has 94 valence electrons. The van der Waals surface area contributed by atoms with Crippen molar-refractivity contribution in [2.45, 2.75) is 13.3 Å². The van der Waals surface area contributed by atoms with E-state index in [4.69, 9.17) is 28.9 Å². The predicted octanol–water partition coefficient (Wildman–Crippen LogP) is 2.89. The number of nitrogen functional groups attached to an aromatic ring is 1. The number of nitrogens with one attached hydrogen (secondary N) is 1. The van der Waals surface area contributed by atoms with Gasteiger partial charge in [-0.2, -0.15) is 0 Å². The molecule has 2 aromatic rings. The Labute approximate surface area is 114 Å². The molecule has 2 rings (SSSR count). The van der Waals surface area contributed by atoms with Crippen molar-refractivity contribution in [1.82, 2.24) is 9.97 Å².